The van der Waals surface area contributed by atoms with E-state index in [1.807, 2.05) is 19.1 Å². The SMILES string of the molecule is CCOc1c(Cl)cc(CN2CC(C)C(N)C2)cc1OC. The summed E-state index contributed by atoms with van der Waals surface area (Å²) in [5, 5.41) is 0.595. The number of likely N-dealkylation sites (tertiary alicyclic amines) is 1. The van der Waals surface area contributed by atoms with Crippen molar-refractivity contribution in [1.29, 1.82) is 0 Å². The summed E-state index contributed by atoms with van der Waals surface area (Å²) in [7, 11) is 1.63. The minimum Gasteiger partial charge on any atom is -0.493 e. The van der Waals surface area contributed by atoms with E-state index >= 15 is 0 Å². The van der Waals surface area contributed by atoms with Gasteiger partial charge < -0.3 is 15.2 Å². The van der Waals surface area contributed by atoms with Crippen LogP contribution in [0.25, 0.3) is 0 Å². The normalized spacial score (nSPS) is 23.1. The van der Waals surface area contributed by atoms with E-state index in [2.05, 4.69) is 11.8 Å². The summed E-state index contributed by atoms with van der Waals surface area (Å²) in [6, 6.07) is 4.20. The summed E-state index contributed by atoms with van der Waals surface area (Å²) in [5.41, 5.74) is 7.18. The molecule has 2 N–H and O–H groups in total. The monoisotopic (exact) mass is 298 g/mol. The van der Waals surface area contributed by atoms with Crippen LogP contribution >= 0.6 is 11.6 Å². The van der Waals surface area contributed by atoms with Gasteiger partial charge in [0.2, 0.25) is 0 Å². The molecule has 0 aliphatic carbocycles. The Bertz CT molecular complexity index is 457. The summed E-state index contributed by atoms with van der Waals surface area (Å²) in [6.45, 7) is 7.46. The lowest BCUT2D eigenvalue weighted by molar-refractivity contribution is 0.305. The molecule has 2 atom stereocenters. The summed E-state index contributed by atoms with van der Waals surface area (Å²) in [6.07, 6.45) is 0. The third-order valence-electron chi connectivity index (χ3n) is 3.73. The Morgan fingerprint density at radius 3 is 2.70 bits per heavy atom. The molecule has 0 spiro atoms. The van der Waals surface area contributed by atoms with E-state index in [9.17, 15) is 0 Å². The summed E-state index contributed by atoms with van der Waals surface area (Å²) < 4.78 is 10.9. The number of nitrogens with two attached hydrogens (primary N) is 1. The van der Waals surface area contributed by atoms with Crippen LogP contribution in [0.15, 0.2) is 12.1 Å². The highest BCUT2D eigenvalue weighted by molar-refractivity contribution is 6.32. The maximum Gasteiger partial charge on any atom is 0.179 e. The van der Waals surface area contributed by atoms with Crippen LogP contribution in [0.3, 0.4) is 0 Å². The summed E-state index contributed by atoms with van der Waals surface area (Å²) >= 11 is 6.29. The van der Waals surface area contributed by atoms with Crippen LogP contribution in [-0.2, 0) is 6.54 Å². The van der Waals surface area contributed by atoms with Crippen molar-refractivity contribution in [2.45, 2.75) is 26.4 Å². The smallest absolute Gasteiger partial charge is 0.179 e. The minimum absolute atomic E-state index is 0.259. The molecular weight excluding hydrogens is 276 g/mol. The van der Waals surface area contributed by atoms with Gasteiger partial charge in [-0.05, 0) is 30.5 Å². The first-order valence-corrected chi connectivity index (χ1v) is 7.40. The number of methoxy groups -OCH3 is 1. The van der Waals surface area contributed by atoms with Gasteiger partial charge in [0.25, 0.3) is 0 Å². The van der Waals surface area contributed by atoms with Crippen molar-refractivity contribution >= 4 is 11.6 Å². The Morgan fingerprint density at radius 2 is 2.15 bits per heavy atom. The second-order valence-electron chi connectivity index (χ2n) is 5.38. The molecule has 2 unspecified atom stereocenters. The Labute approximate surface area is 125 Å². The Kier molecular flexibility index (Phi) is 5.13. The second kappa shape index (κ2) is 6.66. The van der Waals surface area contributed by atoms with E-state index in [4.69, 9.17) is 26.8 Å². The van der Waals surface area contributed by atoms with Crippen LogP contribution in [-0.4, -0.2) is 37.7 Å². The maximum absolute atomic E-state index is 6.29. The van der Waals surface area contributed by atoms with Crippen molar-refractivity contribution < 1.29 is 9.47 Å². The van der Waals surface area contributed by atoms with Gasteiger partial charge in [0.1, 0.15) is 0 Å². The molecule has 4 nitrogen and oxygen atoms in total. The second-order valence-corrected chi connectivity index (χ2v) is 5.78. The highest BCUT2D eigenvalue weighted by Crippen LogP contribution is 2.37. The van der Waals surface area contributed by atoms with E-state index in [1.54, 1.807) is 7.11 Å². The number of halogens is 1. The molecule has 1 saturated heterocycles. The topological polar surface area (TPSA) is 47.7 Å². The molecule has 1 aromatic rings. The molecular formula is C15H23ClN2O2. The maximum atomic E-state index is 6.29. The predicted molar refractivity (Wildman–Crippen MR) is 81.6 cm³/mol. The van der Waals surface area contributed by atoms with E-state index in [-0.39, 0.29) is 6.04 Å². The number of benzene rings is 1. The van der Waals surface area contributed by atoms with Gasteiger partial charge in [-0.1, -0.05) is 18.5 Å². The quantitative estimate of drug-likeness (QED) is 0.907. The van der Waals surface area contributed by atoms with Gasteiger partial charge in [-0.3, -0.25) is 4.90 Å². The molecule has 0 aromatic heterocycles. The van der Waals surface area contributed by atoms with Crippen molar-refractivity contribution in [1.82, 2.24) is 4.90 Å². The minimum atomic E-state index is 0.259. The Balaban J connectivity index is 2.15. The predicted octanol–water partition coefficient (Wildman–Crippen LogP) is 2.53. The number of hydrogen-bond donors (Lipinski definition) is 1. The largest absolute Gasteiger partial charge is 0.493 e. The Hall–Kier alpha value is -0.970. The van der Waals surface area contributed by atoms with Gasteiger partial charge in [0.15, 0.2) is 11.5 Å². The fraction of sp³-hybridized carbons (Fsp3) is 0.600. The van der Waals surface area contributed by atoms with E-state index in [0.717, 1.165) is 25.2 Å². The van der Waals surface area contributed by atoms with Crippen LogP contribution < -0.4 is 15.2 Å². The zero-order chi connectivity index (χ0) is 14.7. The zero-order valence-corrected chi connectivity index (χ0v) is 13.1. The third-order valence-corrected chi connectivity index (χ3v) is 4.01. The van der Waals surface area contributed by atoms with Gasteiger partial charge in [-0.25, -0.2) is 0 Å². The van der Waals surface area contributed by atoms with E-state index < -0.39 is 0 Å². The molecule has 0 bridgehead atoms. The lowest BCUT2D eigenvalue weighted by atomic mass is 10.1. The first-order valence-electron chi connectivity index (χ1n) is 7.02. The van der Waals surface area contributed by atoms with Crippen molar-refractivity contribution in [3.63, 3.8) is 0 Å². The molecule has 1 fully saturated rings. The number of hydrogen-bond acceptors (Lipinski definition) is 4. The van der Waals surface area contributed by atoms with Crippen molar-refractivity contribution in [2.24, 2.45) is 11.7 Å². The molecule has 20 heavy (non-hydrogen) atoms. The molecule has 1 aliphatic heterocycles. The van der Waals surface area contributed by atoms with Crippen LogP contribution in [0.1, 0.15) is 19.4 Å². The molecule has 0 saturated carbocycles. The molecule has 1 aromatic carbocycles. The van der Waals surface area contributed by atoms with E-state index in [0.29, 0.717) is 29.0 Å². The van der Waals surface area contributed by atoms with Gasteiger partial charge in [-0.15, -0.1) is 0 Å². The molecule has 0 amide bonds. The van der Waals surface area contributed by atoms with Crippen molar-refractivity contribution in [3.8, 4) is 11.5 Å². The summed E-state index contributed by atoms with van der Waals surface area (Å²) in [5.74, 6) is 1.84. The van der Waals surface area contributed by atoms with Gasteiger partial charge in [0.05, 0.1) is 18.7 Å². The van der Waals surface area contributed by atoms with E-state index in [1.165, 1.54) is 0 Å². The average molecular weight is 299 g/mol. The van der Waals surface area contributed by atoms with Crippen LogP contribution in [0.5, 0.6) is 11.5 Å². The van der Waals surface area contributed by atoms with Crippen LogP contribution in [0, 0.1) is 5.92 Å². The highest BCUT2D eigenvalue weighted by Gasteiger charge is 2.26. The van der Waals surface area contributed by atoms with Crippen LogP contribution in [0.4, 0.5) is 0 Å². The third kappa shape index (κ3) is 3.37. The van der Waals surface area contributed by atoms with Crippen molar-refractivity contribution in [3.05, 3.63) is 22.7 Å². The van der Waals surface area contributed by atoms with Gasteiger partial charge in [0, 0.05) is 25.7 Å². The lowest BCUT2D eigenvalue weighted by Gasteiger charge is -2.18. The first-order chi connectivity index (χ1) is 9.55. The molecule has 2 rings (SSSR count). The van der Waals surface area contributed by atoms with Crippen LogP contribution in [0.2, 0.25) is 5.02 Å². The zero-order valence-electron chi connectivity index (χ0n) is 12.4. The number of ether oxygens (including phenoxy) is 2. The van der Waals surface area contributed by atoms with Gasteiger partial charge in [-0.2, -0.15) is 0 Å². The molecule has 1 aliphatic rings. The molecule has 1 heterocycles. The lowest BCUT2D eigenvalue weighted by Crippen LogP contribution is -2.28. The van der Waals surface area contributed by atoms with Gasteiger partial charge >= 0.3 is 0 Å². The highest BCUT2D eigenvalue weighted by atomic mass is 35.5. The molecule has 112 valence electrons. The summed E-state index contributed by atoms with van der Waals surface area (Å²) in [4.78, 5) is 2.35. The molecule has 0 radical (unpaired) electrons. The number of rotatable bonds is 5. The fourth-order valence-corrected chi connectivity index (χ4v) is 2.92. The standard InChI is InChI=1S/C15H23ClN2O2/c1-4-20-15-12(16)5-11(6-14(15)19-3)8-18-7-10(2)13(17)9-18/h5-6,10,13H,4,7-9,17H2,1-3H3. The molecule has 5 heteroatoms. The first kappa shape index (κ1) is 15.4. The fourth-order valence-electron chi connectivity index (χ4n) is 2.63. The number of nitrogens with zero attached hydrogens (tertiary/aromatic N) is 1. The average Bonchev–Trinajstić information content (AvgIpc) is 2.71. The van der Waals surface area contributed by atoms with Crippen molar-refractivity contribution in [2.75, 3.05) is 26.8 Å². The Morgan fingerprint density at radius 1 is 1.40 bits per heavy atom.